The maximum absolute atomic E-state index is 12.6. The van der Waals surface area contributed by atoms with Gasteiger partial charge in [-0.2, -0.15) is 4.31 Å². The molecule has 0 bridgehead atoms. The lowest BCUT2D eigenvalue weighted by Crippen LogP contribution is -2.52. The van der Waals surface area contributed by atoms with Gasteiger partial charge in [0.05, 0.1) is 4.90 Å². The van der Waals surface area contributed by atoms with E-state index in [1.807, 2.05) is 32.0 Å². The van der Waals surface area contributed by atoms with Crippen molar-refractivity contribution in [1.82, 2.24) is 24.5 Å². The molecule has 0 atom stereocenters. The molecule has 1 saturated heterocycles. The highest BCUT2D eigenvalue weighted by molar-refractivity contribution is 14.0. The Morgan fingerprint density at radius 3 is 2.25 bits per heavy atom. The van der Waals surface area contributed by atoms with Gasteiger partial charge in [-0.15, -0.1) is 24.0 Å². The standard InChI is InChI=1S/C21H31N7O2S.HI/c1-17(2)26(4)31(29,30)19-8-6-18(7-9-19)16-25-20(22-3)27-12-14-28(15-13-27)21-23-10-5-11-24-21;/h5-11,17H,12-16H2,1-4H3,(H,22,25);1H. The highest BCUT2D eigenvalue weighted by Gasteiger charge is 2.23. The predicted octanol–water partition coefficient (Wildman–Crippen LogP) is 2.02. The summed E-state index contributed by atoms with van der Waals surface area (Å²) >= 11 is 0. The molecule has 2 aromatic rings. The molecule has 32 heavy (non-hydrogen) atoms. The molecule has 1 aromatic carbocycles. The molecular formula is C21H32IN7O2S. The number of aliphatic imine (C=N–C) groups is 1. The number of rotatable bonds is 6. The van der Waals surface area contributed by atoms with E-state index >= 15 is 0 Å². The van der Waals surface area contributed by atoms with Crippen LogP contribution in [0.1, 0.15) is 19.4 Å². The van der Waals surface area contributed by atoms with Gasteiger partial charge in [-0.1, -0.05) is 12.1 Å². The van der Waals surface area contributed by atoms with E-state index in [4.69, 9.17) is 0 Å². The van der Waals surface area contributed by atoms with Gasteiger partial charge in [-0.25, -0.2) is 18.4 Å². The largest absolute Gasteiger partial charge is 0.352 e. The Morgan fingerprint density at radius 2 is 1.72 bits per heavy atom. The maximum atomic E-state index is 12.6. The van der Waals surface area contributed by atoms with Crippen LogP contribution in [0.2, 0.25) is 0 Å². The molecule has 0 spiro atoms. The van der Waals surface area contributed by atoms with Gasteiger partial charge in [0.15, 0.2) is 5.96 Å². The van der Waals surface area contributed by atoms with Crippen molar-refractivity contribution >= 4 is 45.9 Å². The molecule has 176 valence electrons. The highest BCUT2D eigenvalue weighted by atomic mass is 127. The van der Waals surface area contributed by atoms with E-state index in [0.717, 1.165) is 43.7 Å². The van der Waals surface area contributed by atoms with Gasteiger partial charge in [-0.3, -0.25) is 4.99 Å². The normalized spacial score (nSPS) is 15.1. The number of benzene rings is 1. The van der Waals surface area contributed by atoms with Crippen molar-refractivity contribution in [3.8, 4) is 0 Å². The zero-order valence-electron chi connectivity index (χ0n) is 19.0. The summed E-state index contributed by atoms with van der Waals surface area (Å²) in [6.07, 6.45) is 3.51. The summed E-state index contributed by atoms with van der Waals surface area (Å²) in [5, 5.41) is 3.38. The summed E-state index contributed by atoms with van der Waals surface area (Å²) in [6.45, 7) is 7.55. The highest BCUT2D eigenvalue weighted by Crippen LogP contribution is 2.17. The first-order chi connectivity index (χ1) is 14.8. The van der Waals surface area contributed by atoms with Crippen LogP contribution in [0.4, 0.5) is 5.95 Å². The molecule has 0 saturated carbocycles. The maximum Gasteiger partial charge on any atom is 0.243 e. The predicted molar refractivity (Wildman–Crippen MR) is 138 cm³/mol. The number of sulfonamides is 1. The number of piperazine rings is 1. The van der Waals surface area contributed by atoms with Crippen LogP contribution in [-0.2, 0) is 16.6 Å². The number of hydrogen-bond acceptors (Lipinski definition) is 6. The van der Waals surface area contributed by atoms with Crippen LogP contribution in [0.25, 0.3) is 0 Å². The van der Waals surface area contributed by atoms with Gasteiger partial charge < -0.3 is 15.1 Å². The van der Waals surface area contributed by atoms with Crippen LogP contribution in [-0.4, -0.2) is 79.9 Å². The minimum atomic E-state index is -3.47. The van der Waals surface area contributed by atoms with E-state index in [9.17, 15) is 8.42 Å². The third-order valence-corrected chi connectivity index (χ3v) is 7.45. The van der Waals surface area contributed by atoms with Crippen LogP contribution in [0.5, 0.6) is 0 Å². The number of guanidine groups is 1. The number of halogens is 1. The fraction of sp³-hybridized carbons (Fsp3) is 0.476. The number of nitrogens with one attached hydrogen (secondary N) is 1. The molecule has 0 unspecified atom stereocenters. The second-order valence-corrected chi connectivity index (χ2v) is 9.68. The Labute approximate surface area is 208 Å². The van der Waals surface area contributed by atoms with E-state index < -0.39 is 10.0 Å². The number of aromatic nitrogens is 2. The summed E-state index contributed by atoms with van der Waals surface area (Å²) < 4.78 is 26.6. The van der Waals surface area contributed by atoms with Crippen LogP contribution in [0.3, 0.4) is 0 Å². The molecule has 11 heteroatoms. The van der Waals surface area contributed by atoms with Crippen molar-refractivity contribution < 1.29 is 8.42 Å². The fourth-order valence-corrected chi connectivity index (χ4v) is 4.68. The molecular weight excluding hydrogens is 541 g/mol. The first-order valence-electron chi connectivity index (χ1n) is 10.4. The van der Waals surface area contributed by atoms with Crippen molar-refractivity contribution in [1.29, 1.82) is 0 Å². The van der Waals surface area contributed by atoms with Gasteiger partial charge in [0.25, 0.3) is 0 Å². The van der Waals surface area contributed by atoms with Crippen LogP contribution >= 0.6 is 24.0 Å². The van der Waals surface area contributed by atoms with Crippen molar-refractivity contribution in [2.75, 3.05) is 45.2 Å². The van der Waals surface area contributed by atoms with Crippen LogP contribution in [0, 0.1) is 0 Å². The summed E-state index contributed by atoms with van der Waals surface area (Å²) in [5.74, 6) is 1.58. The molecule has 1 aliphatic rings. The quantitative estimate of drug-likeness (QED) is 0.321. The molecule has 0 aliphatic carbocycles. The Balaban J connectivity index is 0.00000363. The van der Waals surface area contributed by atoms with E-state index in [1.165, 1.54) is 4.31 Å². The molecule has 1 aromatic heterocycles. The second kappa shape index (κ2) is 11.8. The number of nitrogens with zero attached hydrogens (tertiary/aromatic N) is 6. The zero-order chi connectivity index (χ0) is 22.4. The van der Waals surface area contributed by atoms with Crippen molar-refractivity contribution in [2.24, 2.45) is 4.99 Å². The molecule has 1 aliphatic heterocycles. The first kappa shape index (κ1) is 26.3. The van der Waals surface area contributed by atoms with Gasteiger partial charge in [0.1, 0.15) is 0 Å². The van der Waals surface area contributed by atoms with Gasteiger partial charge in [0, 0.05) is 65.3 Å². The van der Waals surface area contributed by atoms with Gasteiger partial charge >= 0.3 is 0 Å². The van der Waals surface area contributed by atoms with E-state index in [0.29, 0.717) is 11.4 Å². The lowest BCUT2D eigenvalue weighted by atomic mass is 10.2. The fourth-order valence-electron chi connectivity index (χ4n) is 3.31. The third kappa shape index (κ3) is 6.29. The van der Waals surface area contributed by atoms with Crippen molar-refractivity contribution in [3.05, 3.63) is 48.3 Å². The summed E-state index contributed by atoms with van der Waals surface area (Å²) in [5.41, 5.74) is 0.989. The molecule has 1 fully saturated rings. The Hall–Kier alpha value is -1.99. The molecule has 9 nitrogen and oxygen atoms in total. The smallest absolute Gasteiger partial charge is 0.243 e. The summed E-state index contributed by atoms with van der Waals surface area (Å²) in [4.78, 5) is 17.7. The summed E-state index contributed by atoms with van der Waals surface area (Å²) in [6, 6.07) is 8.72. The van der Waals surface area contributed by atoms with E-state index in [2.05, 4.69) is 30.1 Å². The Morgan fingerprint density at radius 1 is 1.12 bits per heavy atom. The number of hydrogen-bond donors (Lipinski definition) is 1. The van der Waals surface area contributed by atoms with Crippen molar-refractivity contribution in [3.63, 3.8) is 0 Å². The van der Waals surface area contributed by atoms with Crippen LogP contribution in [0.15, 0.2) is 52.6 Å². The lowest BCUT2D eigenvalue weighted by Gasteiger charge is -2.36. The molecule has 3 rings (SSSR count). The monoisotopic (exact) mass is 573 g/mol. The SMILES string of the molecule is CN=C(NCc1ccc(S(=O)(=O)N(C)C(C)C)cc1)N1CCN(c2ncccn2)CC1.I. The van der Waals surface area contributed by atoms with Crippen molar-refractivity contribution in [2.45, 2.75) is 31.3 Å². The zero-order valence-corrected chi connectivity index (χ0v) is 22.1. The van der Waals surface area contributed by atoms with E-state index in [-0.39, 0.29) is 30.0 Å². The second-order valence-electron chi connectivity index (χ2n) is 7.68. The minimum absolute atomic E-state index is 0. The van der Waals surface area contributed by atoms with E-state index in [1.54, 1.807) is 38.6 Å². The summed E-state index contributed by atoms with van der Waals surface area (Å²) in [7, 11) is -0.0995. The average molecular weight is 574 g/mol. The molecule has 1 N–H and O–H groups in total. The van der Waals surface area contributed by atoms with Crippen LogP contribution < -0.4 is 10.2 Å². The van der Waals surface area contributed by atoms with Gasteiger partial charge in [-0.05, 0) is 37.6 Å². The minimum Gasteiger partial charge on any atom is -0.352 e. The first-order valence-corrected chi connectivity index (χ1v) is 11.8. The Bertz CT molecular complexity index is 977. The molecule has 0 amide bonds. The third-order valence-electron chi connectivity index (χ3n) is 5.40. The van der Waals surface area contributed by atoms with Gasteiger partial charge in [0.2, 0.25) is 16.0 Å². The Kier molecular flexibility index (Phi) is 9.64. The average Bonchev–Trinajstić information content (AvgIpc) is 2.80. The molecule has 2 heterocycles. The lowest BCUT2D eigenvalue weighted by molar-refractivity contribution is 0.370. The number of anilines is 1. The topological polar surface area (TPSA) is 94.0 Å². The molecule has 0 radical (unpaired) electrons.